The first-order chi connectivity index (χ1) is 16.6. The summed E-state index contributed by atoms with van der Waals surface area (Å²) in [4.78, 5) is 41.9. The van der Waals surface area contributed by atoms with Crippen molar-refractivity contribution in [2.75, 3.05) is 11.4 Å². The minimum Gasteiger partial charge on any atom is -0.349 e. The molecule has 35 heavy (non-hydrogen) atoms. The van der Waals surface area contributed by atoms with Crippen LogP contribution in [0.5, 0.6) is 0 Å². The zero-order valence-corrected chi connectivity index (χ0v) is 21.7. The van der Waals surface area contributed by atoms with E-state index < -0.39 is 11.6 Å². The summed E-state index contributed by atoms with van der Waals surface area (Å²) < 4.78 is 0. The third-order valence-electron chi connectivity index (χ3n) is 5.97. The minimum atomic E-state index is -0.907. The predicted octanol–water partition coefficient (Wildman–Crippen LogP) is 5.17. The van der Waals surface area contributed by atoms with Crippen LogP contribution in [0.4, 0.5) is 5.69 Å². The molecule has 1 heterocycles. The number of hydrogen-bond acceptors (Lipinski definition) is 4. The van der Waals surface area contributed by atoms with E-state index in [-0.39, 0.29) is 24.3 Å². The molecule has 0 fully saturated rings. The number of hydrogen-bond donors (Lipinski definition) is 2. The zero-order valence-electron chi connectivity index (χ0n) is 20.9. The lowest BCUT2D eigenvalue weighted by molar-refractivity contribution is -0.127. The third-order valence-corrected chi connectivity index (χ3v) is 6.84. The number of carbonyl (C=O) groups excluding carboxylic acids is 3. The van der Waals surface area contributed by atoms with Crippen molar-refractivity contribution in [2.45, 2.75) is 52.6 Å². The zero-order chi connectivity index (χ0) is 25.6. The maximum atomic E-state index is 13.7. The number of carbonyl (C=O) groups is 3. The Balaban J connectivity index is 2.01. The van der Waals surface area contributed by atoms with E-state index in [4.69, 9.17) is 0 Å². The molecule has 0 aliphatic rings. The largest absolute Gasteiger partial charge is 0.349 e. The van der Waals surface area contributed by atoms with E-state index >= 15 is 0 Å². The smallest absolute Gasteiger partial charge is 0.261 e. The van der Waals surface area contributed by atoms with Crippen molar-refractivity contribution in [1.29, 1.82) is 0 Å². The van der Waals surface area contributed by atoms with Crippen molar-refractivity contribution in [2.24, 2.45) is 0 Å². The van der Waals surface area contributed by atoms with E-state index in [0.717, 1.165) is 17.5 Å². The van der Waals surface area contributed by atoms with Crippen LogP contribution in [0.3, 0.4) is 0 Å². The van der Waals surface area contributed by atoms with Gasteiger partial charge in [-0.2, -0.15) is 0 Å². The summed E-state index contributed by atoms with van der Waals surface area (Å²) >= 11 is 1.31. The van der Waals surface area contributed by atoms with E-state index in [0.29, 0.717) is 16.1 Å². The molecule has 6 nitrogen and oxygen atoms in total. The fourth-order valence-corrected chi connectivity index (χ4v) is 4.18. The van der Waals surface area contributed by atoms with E-state index in [1.165, 1.54) is 16.2 Å². The Bertz CT molecular complexity index is 1150. The Morgan fingerprint density at radius 1 is 0.943 bits per heavy atom. The van der Waals surface area contributed by atoms with Gasteiger partial charge in [0.1, 0.15) is 6.04 Å². The van der Waals surface area contributed by atoms with Crippen molar-refractivity contribution in [3.8, 4) is 0 Å². The summed E-state index contributed by atoms with van der Waals surface area (Å²) in [6.07, 6.45) is 0.731. The summed E-state index contributed by atoms with van der Waals surface area (Å²) in [5, 5.41) is 7.62. The highest BCUT2D eigenvalue weighted by Gasteiger charge is 2.35. The first kappa shape index (κ1) is 26.2. The van der Waals surface area contributed by atoms with Gasteiger partial charge in [-0.15, -0.1) is 11.3 Å². The summed E-state index contributed by atoms with van der Waals surface area (Å²) in [6, 6.07) is 17.6. The summed E-state index contributed by atoms with van der Waals surface area (Å²) in [7, 11) is 0. The average molecular weight is 492 g/mol. The van der Waals surface area contributed by atoms with Gasteiger partial charge < -0.3 is 10.6 Å². The Hall–Kier alpha value is -3.45. The fourth-order valence-electron chi connectivity index (χ4n) is 3.54. The molecule has 3 rings (SSSR count). The van der Waals surface area contributed by atoms with Crippen molar-refractivity contribution in [1.82, 2.24) is 10.6 Å². The van der Waals surface area contributed by atoms with Crippen LogP contribution in [0, 0.1) is 13.8 Å². The number of nitrogens with one attached hydrogen (secondary N) is 2. The maximum Gasteiger partial charge on any atom is 0.261 e. The molecular formula is C28H33N3O3S. The second-order valence-corrected chi connectivity index (χ2v) is 10.2. The molecular weight excluding hydrogens is 458 g/mol. The van der Waals surface area contributed by atoms with Crippen molar-refractivity contribution in [3.63, 3.8) is 0 Å². The van der Waals surface area contributed by atoms with Crippen LogP contribution < -0.4 is 15.5 Å². The molecule has 2 aromatic carbocycles. The van der Waals surface area contributed by atoms with Crippen LogP contribution in [0.15, 0.2) is 66.0 Å². The van der Waals surface area contributed by atoms with Crippen molar-refractivity contribution < 1.29 is 14.4 Å². The van der Waals surface area contributed by atoms with E-state index in [1.54, 1.807) is 12.1 Å². The topological polar surface area (TPSA) is 78.5 Å². The van der Waals surface area contributed by atoms with Gasteiger partial charge in [0.05, 0.1) is 11.4 Å². The Kier molecular flexibility index (Phi) is 8.46. The van der Waals surface area contributed by atoms with Crippen molar-refractivity contribution in [3.05, 3.63) is 87.6 Å². The van der Waals surface area contributed by atoms with Gasteiger partial charge in [-0.1, -0.05) is 60.5 Å². The molecule has 2 N–H and O–H groups in total. The predicted molar refractivity (Wildman–Crippen MR) is 142 cm³/mol. The molecule has 0 aliphatic heterocycles. The molecule has 0 radical (unpaired) electrons. The molecule has 3 amide bonds. The van der Waals surface area contributed by atoms with Gasteiger partial charge in [-0.3, -0.25) is 19.3 Å². The molecule has 0 saturated carbocycles. The molecule has 0 bridgehead atoms. The first-order valence-electron chi connectivity index (χ1n) is 11.7. The Morgan fingerprint density at radius 2 is 1.54 bits per heavy atom. The van der Waals surface area contributed by atoms with Gasteiger partial charge in [-0.05, 0) is 63.3 Å². The van der Waals surface area contributed by atoms with Crippen molar-refractivity contribution >= 4 is 34.7 Å². The quantitative estimate of drug-likeness (QED) is 0.433. The van der Waals surface area contributed by atoms with Crippen LogP contribution in [0.25, 0.3) is 0 Å². The molecule has 0 saturated heterocycles. The lowest BCUT2D eigenvalue weighted by atomic mass is 9.97. The third kappa shape index (κ3) is 6.79. The second-order valence-electron chi connectivity index (χ2n) is 9.30. The van der Waals surface area contributed by atoms with Gasteiger partial charge in [0.25, 0.3) is 5.91 Å². The van der Waals surface area contributed by atoms with Gasteiger partial charge in [0.15, 0.2) is 0 Å². The molecule has 0 aliphatic carbocycles. The maximum absolute atomic E-state index is 13.7. The molecule has 184 valence electrons. The van der Waals surface area contributed by atoms with Gasteiger partial charge in [0.2, 0.25) is 11.8 Å². The number of amides is 3. The number of benzene rings is 2. The first-order valence-corrected chi connectivity index (χ1v) is 12.6. The van der Waals surface area contributed by atoms with Crippen LogP contribution in [0.1, 0.15) is 59.6 Å². The standard InChI is InChI=1S/C28H33N3O3S/c1-6-28(4,5)30-27(34)25(21-13-9-19(2)10-14-21)31(22-15-11-20(3)12-16-22)24(32)18-29-26(33)23-8-7-17-35-23/h7-17,25H,6,18H2,1-5H3,(H,29,33)(H,30,34). The minimum absolute atomic E-state index is 0.239. The fraction of sp³-hybridized carbons (Fsp3) is 0.321. The summed E-state index contributed by atoms with van der Waals surface area (Å²) in [6.45, 7) is 9.61. The second kappa shape index (κ2) is 11.3. The molecule has 0 spiro atoms. The lowest BCUT2D eigenvalue weighted by Crippen LogP contribution is -2.52. The summed E-state index contributed by atoms with van der Waals surface area (Å²) in [5.74, 6) is -0.978. The highest BCUT2D eigenvalue weighted by molar-refractivity contribution is 7.12. The monoisotopic (exact) mass is 491 g/mol. The average Bonchev–Trinajstić information content (AvgIpc) is 3.37. The Labute approximate surface area is 211 Å². The normalized spacial score (nSPS) is 12.0. The summed E-state index contributed by atoms with van der Waals surface area (Å²) in [5.41, 5.74) is 2.92. The molecule has 3 aromatic rings. The highest BCUT2D eigenvalue weighted by atomic mass is 32.1. The van der Waals surface area contributed by atoms with Gasteiger partial charge in [-0.25, -0.2) is 0 Å². The van der Waals surface area contributed by atoms with Gasteiger partial charge >= 0.3 is 0 Å². The van der Waals surface area contributed by atoms with E-state index in [9.17, 15) is 14.4 Å². The van der Waals surface area contributed by atoms with E-state index in [1.807, 2.05) is 88.5 Å². The van der Waals surface area contributed by atoms with Crippen LogP contribution in [-0.4, -0.2) is 29.8 Å². The van der Waals surface area contributed by atoms with Gasteiger partial charge in [0, 0.05) is 11.2 Å². The molecule has 7 heteroatoms. The number of thiophene rings is 1. The highest BCUT2D eigenvalue weighted by Crippen LogP contribution is 2.29. The Morgan fingerprint density at radius 3 is 2.09 bits per heavy atom. The van der Waals surface area contributed by atoms with Crippen LogP contribution in [-0.2, 0) is 9.59 Å². The molecule has 1 unspecified atom stereocenters. The molecule has 1 atom stereocenters. The van der Waals surface area contributed by atoms with Crippen LogP contribution in [0.2, 0.25) is 0 Å². The van der Waals surface area contributed by atoms with Crippen LogP contribution >= 0.6 is 11.3 Å². The number of anilines is 1. The SMILES string of the molecule is CCC(C)(C)NC(=O)C(c1ccc(C)cc1)N(C(=O)CNC(=O)c1cccs1)c1ccc(C)cc1. The lowest BCUT2D eigenvalue weighted by Gasteiger charge is -2.34. The molecule has 1 aromatic heterocycles. The van der Waals surface area contributed by atoms with E-state index in [2.05, 4.69) is 10.6 Å². The number of aryl methyl sites for hydroxylation is 2. The number of nitrogens with zero attached hydrogens (tertiary/aromatic N) is 1. The number of rotatable bonds is 9.